The zero-order chi connectivity index (χ0) is 14.4. The second-order valence-corrected chi connectivity index (χ2v) is 4.00. The van der Waals surface area contributed by atoms with Gasteiger partial charge < -0.3 is 9.47 Å². The van der Waals surface area contributed by atoms with Crippen molar-refractivity contribution in [2.45, 2.75) is 0 Å². The number of hydrogen-bond acceptors (Lipinski definition) is 3. The van der Waals surface area contributed by atoms with E-state index < -0.39 is 6.16 Å². The van der Waals surface area contributed by atoms with Crippen molar-refractivity contribution in [1.82, 2.24) is 0 Å². The molecule has 0 aliphatic heterocycles. The average molecular weight is 266 g/mol. The summed E-state index contributed by atoms with van der Waals surface area (Å²) in [7, 11) is 0. The second-order valence-electron chi connectivity index (χ2n) is 4.00. The largest absolute Gasteiger partial charge is 0.519 e. The number of carbonyl (C=O) groups is 1. The van der Waals surface area contributed by atoms with Crippen LogP contribution < -0.4 is 9.47 Å². The normalized spacial score (nSPS) is 9.60. The van der Waals surface area contributed by atoms with Crippen LogP contribution in [0.5, 0.6) is 11.5 Å². The second kappa shape index (κ2) is 6.38. The Morgan fingerprint density at radius 1 is 0.750 bits per heavy atom. The molecule has 0 aliphatic carbocycles. The smallest absolute Gasteiger partial charge is 0.395 e. The number of benzene rings is 2. The Balaban J connectivity index is 1.96. The Morgan fingerprint density at radius 3 is 1.40 bits per heavy atom. The summed E-state index contributed by atoms with van der Waals surface area (Å²) >= 11 is 0. The topological polar surface area (TPSA) is 35.5 Å². The third kappa shape index (κ3) is 3.59. The maximum Gasteiger partial charge on any atom is 0.519 e. The van der Waals surface area contributed by atoms with Gasteiger partial charge in [-0.05, 0) is 35.4 Å². The van der Waals surface area contributed by atoms with Crippen molar-refractivity contribution in [1.29, 1.82) is 0 Å². The third-order valence-corrected chi connectivity index (χ3v) is 2.63. The molecule has 0 saturated carbocycles. The molecule has 20 heavy (non-hydrogen) atoms. The van der Waals surface area contributed by atoms with Crippen molar-refractivity contribution >= 4 is 18.3 Å². The Morgan fingerprint density at radius 2 is 1.10 bits per heavy atom. The highest BCUT2D eigenvalue weighted by atomic mass is 16.7. The summed E-state index contributed by atoms with van der Waals surface area (Å²) in [5.41, 5.74) is 1.90. The van der Waals surface area contributed by atoms with E-state index in [0.29, 0.717) is 11.5 Å². The maximum atomic E-state index is 11.6. The molecule has 3 heteroatoms. The molecule has 2 aromatic carbocycles. The van der Waals surface area contributed by atoms with Crippen molar-refractivity contribution in [2.24, 2.45) is 0 Å². The Kier molecular flexibility index (Phi) is 4.35. The van der Waals surface area contributed by atoms with Crippen molar-refractivity contribution < 1.29 is 14.3 Å². The predicted molar refractivity (Wildman–Crippen MR) is 79.7 cm³/mol. The lowest BCUT2D eigenvalue weighted by atomic mass is 10.2. The number of ether oxygens (including phenoxy) is 2. The molecule has 0 bridgehead atoms. The van der Waals surface area contributed by atoms with Crippen LogP contribution in [0.1, 0.15) is 11.1 Å². The van der Waals surface area contributed by atoms with Gasteiger partial charge in [0.2, 0.25) is 0 Å². The Hall–Kier alpha value is -2.81. The zero-order valence-corrected chi connectivity index (χ0v) is 10.9. The highest BCUT2D eigenvalue weighted by Gasteiger charge is 2.07. The molecule has 0 radical (unpaired) electrons. The summed E-state index contributed by atoms with van der Waals surface area (Å²) in [4.78, 5) is 11.6. The molecule has 100 valence electrons. The molecule has 0 aliphatic rings. The summed E-state index contributed by atoms with van der Waals surface area (Å²) in [6, 6.07) is 13.9. The molecular formula is C17H14O3. The van der Waals surface area contributed by atoms with Gasteiger partial charge in [0.05, 0.1) is 0 Å². The van der Waals surface area contributed by atoms with E-state index in [0.717, 1.165) is 11.1 Å². The van der Waals surface area contributed by atoms with E-state index in [9.17, 15) is 4.79 Å². The van der Waals surface area contributed by atoms with Crippen molar-refractivity contribution in [2.75, 3.05) is 0 Å². The monoisotopic (exact) mass is 266 g/mol. The van der Waals surface area contributed by atoms with E-state index >= 15 is 0 Å². The van der Waals surface area contributed by atoms with E-state index in [1.807, 2.05) is 0 Å². The van der Waals surface area contributed by atoms with Crippen LogP contribution in [-0.2, 0) is 0 Å². The van der Waals surface area contributed by atoms with Gasteiger partial charge in [-0.15, -0.1) is 0 Å². The van der Waals surface area contributed by atoms with Gasteiger partial charge in [-0.1, -0.05) is 49.6 Å². The van der Waals surface area contributed by atoms with Gasteiger partial charge >= 0.3 is 6.16 Å². The lowest BCUT2D eigenvalue weighted by molar-refractivity contribution is 0.152. The van der Waals surface area contributed by atoms with E-state index in [-0.39, 0.29) is 0 Å². The zero-order valence-electron chi connectivity index (χ0n) is 10.9. The third-order valence-electron chi connectivity index (χ3n) is 2.63. The molecule has 2 rings (SSSR count). The van der Waals surface area contributed by atoms with Crippen molar-refractivity contribution in [3.63, 3.8) is 0 Å². The van der Waals surface area contributed by atoms with Gasteiger partial charge in [-0.25, -0.2) is 4.79 Å². The van der Waals surface area contributed by atoms with E-state index in [1.54, 1.807) is 60.7 Å². The summed E-state index contributed by atoms with van der Waals surface area (Å²) in [5, 5.41) is 0. The van der Waals surface area contributed by atoms with Crippen LogP contribution in [0.4, 0.5) is 4.79 Å². The standard InChI is InChI=1S/C17H14O3/c1-3-13-5-9-15(10-6-13)19-17(18)20-16-11-7-14(4-2)8-12-16/h3-12H,1-2H2. The highest BCUT2D eigenvalue weighted by Crippen LogP contribution is 2.16. The Labute approximate surface area is 117 Å². The summed E-state index contributed by atoms with van der Waals surface area (Å²) in [6.45, 7) is 7.30. The van der Waals surface area contributed by atoms with Crippen LogP contribution in [0.3, 0.4) is 0 Å². The van der Waals surface area contributed by atoms with Crippen LogP contribution in [0, 0.1) is 0 Å². The van der Waals surface area contributed by atoms with Gasteiger partial charge in [0.1, 0.15) is 11.5 Å². The van der Waals surface area contributed by atoms with Crippen molar-refractivity contribution in [3.05, 3.63) is 72.8 Å². The van der Waals surface area contributed by atoms with E-state index in [1.165, 1.54) is 0 Å². The number of hydrogen-bond donors (Lipinski definition) is 0. The van der Waals surface area contributed by atoms with Gasteiger partial charge in [-0.2, -0.15) is 0 Å². The SMILES string of the molecule is C=Cc1ccc(OC(=O)Oc2ccc(C=C)cc2)cc1. The van der Waals surface area contributed by atoms with Gasteiger partial charge in [0.25, 0.3) is 0 Å². The summed E-state index contributed by atoms with van der Waals surface area (Å²) < 4.78 is 10.1. The first-order valence-electron chi connectivity index (χ1n) is 6.06. The minimum atomic E-state index is -0.775. The van der Waals surface area contributed by atoms with Crippen LogP contribution in [0.15, 0.2) is 61.7 Å². The Bertz CT molecular complexity index is 554. The minimum Gasteiger partial charge on any atom is -0.395 e. The minimum absolute atomic E-state index is 0.420. The molecule has 0 saturated heterocycles. The van der Waals surface area contributed by atoms with Crippen LogP contribution in [-0.4, -0.2) is 6.16 Å². The van der Waals surface area contributed by atoms with Crippen molar-refractivity contribution in [3.8, 4) is 11.5 Å². The lowest BCUT2D eigenvalue weighted by Crippen LogP contribution is -2.13. The average Bonchev–Trinajstić information content (AvgIpc) is 2.49. The molecule has 0 aromatic heterocycles. The van der Waals surface area contributed by atoms with Gasteiger partial charge in [-0.3, -0.25) is 0 Å². The molecule has 0 fully saturated rings. The summed E-state index contributed by atoms with van der Waals surface area (Å²) in [6.07, 6.45) is 2.65. The number of carbonyl (C=O) groups excluding carboxylic acids is 1. The molecule has 0 heterocycles. The molecular weight excluding hydrogens is 252 g/mol. The number of rotatable bonds is 4. The molecule has 2 aromatic rings. The predicted octanol–water partition coefficient (Wildman–Crippen LogP) is 4.55. The molecule has 3 nitrogen and oxygen atoms in total. The first-order valence-corrected chi connectivity index (χ1v) is 6.06. The quantitative estimate of drug-likeness (QED) is 0.601. The van der Waals surface area contributed by atoms with Gasteiger partial charge in [0, 0.05) is 0 Å². The molecule has 0 N–H and O–H groups in total. The fourth-order valence-electron chi connectivity index (χ4n) is 1.56. The fraction of sp³-hybridized carbons (Fsp3) is 0. The first-order chi connectivity index (χ1) is 9.71. The van der Waals surface area contributed by atoms with E-state index in [4.69, 9.17) is 9.47 Å². The molecule has 0 unspecified atom stereocenters. The fourth-order valence-corrected chi connectivity index (χ4v) is 1.56. The van der Waals surface area contributed by atoms with E-state index in [2.05, 4.69) is 13.2 Å². The van der Waals surface area contributed by atoms with Crippen LogP contribution >= 0.6 is 0 Å². The summed E-state index contributed by atoms with van der Waals surface area (Å²) in [5.74, 6) is 0.839. The molecule has 0 atom stereocenters. The van der Waals surface area contributed by atoms with Gasteiger partial charge in [0.15, 0.2) is 0 Å². The molecule has 0 amide bonds. The highest BCUT2D eigenvalue weighted by molar-refractivity contribution is 5.67. The van der Waals surface area contributed by atoms with Crippen LogP contribution in [0.2, 0.25) is 0 Å². The van der Waals surface area contributed by atoms with Crippen LogP contribution in [0.25, 0.3) is 12.2 Å². The first kappa shape index (κ1) is 13.6. The molecule has 0 spiro atoms. The maximum absolute atomic E-state index is 11.6. The lowest BCUT2D eigenvalue weighted by Gasteiger charge is -2.06.